The molecule has 0 saturated carbocycles. The summed E-state index contributed by atoms with van der Waals surface area (Å²) >= 11 is 0. The maximum atomic E-state index is 5.76. The molecular formula is C20H36N4. The van der Waals surface area contributed by atoms with Gasteiger partial charge in [-0.15, -0.1) is 0 Å². The Morgan fingerprint density at radius 1 is 1.46 bits per heavy atom. The van der Waals surface area contributed by atoms with Crippen LogP contribution in [-0.2, 0) is 0 Å². The first-order valence-corrected chi connectivity index (χ1v) is 9.32. The van der Waals surface area contributed by atoms with Crippen molar-refractivity contribution in [2.45, 2.75) is 52.4 Å². The third-order valence-electron chi connectivity index (χ3n) is 4.48. The highest BCUT2D eigenvalue weighted by atomic mass is 15.1. The quantitative estimate of drug-likeness (QED) is 0.211. The second-order valence-electron chi connectivity index (χ2n) is 6.53. The van der Waals surface area contributed by atoms with Gasteiger partial charge < -0.3 is 16.0 Å². The van der Waals surface area contributed by atoms with Crippen LogP contribution in [0.3, 0.4) is 0 Å². The molecule has 24 heavy (non-hydrogen) atoms. The van der Waals surface area contributed by atoms with E-state index in [0.29, 0.717) is 6.54 Å². The zero-order chi connectivity index (χ0) is 17.8. The fraction of sp³-hybridized carbons (Fsp3) is 0.650. The number of amidine groups is 1. The molecule has 0 spiro atoms. The van der Waals surface area contributed by atoms with Gasteiger partial charge in [-0.2, -0.15) is 0 Å². The summed E-state index contributed by atoms with van der Waals surface area (Å²) in [5, 5.41) is 3.38. The van der Waals surface area contributed by atoms with E-state index in [-0.39, 0.29) is 0 Å². The Morgan fingerprint density at radius 3 is 2.83 bits per heavy atom. The van der Waals surface area contributed by atoms with Crippen LogP contribution < -0.4 is 11.1 Å². The molecule has 0 aromatic rings. The van der Waals surface area contributed by atoms with Crippen molar-refractivity contribution in [2.75, 3.05) is 33.2 Å². The minimum atomic E-state index is 0.506. The van der Waals surface area contributed by atoms with E-state index in [1.54, 1.807) is 5.57 Å². The largest absolute Gasteiger partial charge is 0.344 e. The van der Waals surface area contributed by atoms with E-state index in [9.17, 15) is 0 Å². The summed E-state index contributed by atoms with van der Waals surface area (Å²) in [5.74, 6) is 1.05. The molecule has 0 amide bonds. The average Bonchev–Trinajstić information content (AvgIpc) is 2.59. The van der Waals surface area contributed by atoms with Gasteiger partial charge in [-0.1, -0.05) is 37.6 Å². The highest BCUT2D eigenvalue weighted by Gasteiger charge is 2.07. The first-order valence-electron chi connectivity index (χ1n) is 9.32. The number of unbranched alkanes of at least 4 members (excludes halogenated alkanes) is 1. The maximum Gasteiger partial charge on any atom is 0.101 e. The van der Waals surface area contributed by atoms with Gasteiger partial charge in [0.25, 0.3) is 0 Å². The number of hydrogen-bond acceptors (Lipinski definition) is 3. The molecule has 1 rings (SSSR count). The van der Waals surface area contributed by atoms with E-state index in [2.05, 4.69) is 36.8 Å². The van der Waals surface area contributed by atoms with Gasteiger partial charge in [-0.05, 0) is 45.2 Å². The third-order valence-corrected chi connectivity index (χ3v) is 4.48. The number of allylic oxidation sites excluding steroid dienone is 1. The molecule has 136 valence electrons. The summed E-state index contributed by atoms with van der Waals surface area (Å²) in [6.07, 6.45) is 11.2. The molecule has 0 aromatic carbocycles. The van der Waals surface area contributed by atoms with Gasteiger partial charge in [0.15, 0.2) is 0 Å². The Labute approximate surface area is 148 Å². The highest BCUT2D eigenvalue weighted by molar-refractivity contribution is 5.84. The molecule has 0 aromatic heterocycles. The van der Waals surface area contributed by atoms with Gasteiger partial charge in [0.1, 0.15) is 5.84 Å². The molecule has 0 saturated heterocycles. The minimum absolute atomic E-state index is 0.506. The van der Waals surface area contributed by atoms with E-state index in [4.69, 9.17) is 10.7 Å². The van der Waals surface area contributed by atoms with Crippen molar-refractivity contribution in [3.05, 3.63) is 35.6 Å². The lowest BCUT2D eigenvalue weighted by atomic mass is 10.0. The highest BCUT2D eigenvalue weighted by Crippen LogP contribution is 2.15. The van der Waals surface area contributed by atoms with E-state index in [1.165, 1.54) is 25.8 Å². The monoisotopic (exact) mass is 332 g/mol. The molecule has 0 radical (unpaired) electrons. The molecule has 0 unspecified atom stereocenters. The molecule has 0 bridgehead atoms. The number of hydrogen-bond donors (Lipinski definition) is 2. The zero-order valence-corrected chi connectivity index (χ0v) is 15.9. The van der Waals surface area contributed by atoms with Crippen LogP contribution in [0.2, 0.25) is 0 Å². The van der Waals surface area contributed by atoms with Gasteiger partial charge in [-0.25, -0.2) is 0 Å². The summed E-state index contributed by atoms with van der Waals surface area (Å²) in [6, 6.07) is 0. The van der Waals surface area contributed by atoms with Crippen molar-refractivity contribution in [1.29, 1.82) is 0 Å². The first-order chi connectivity index (χ1) is 11.6. The first kappa shape index (κ1) is 20.7. The fourth-order valence-corrected chi connectivity index (χ4v) is 2.75. The molecule has 0 fully saturated rings. The van der Waals surface area contributed by atoms with Crippen molar-refractivity contribution < 1.29 is 0 Å². The molecule has 1 aliphatic rings. The molecule has 0 aliphatic carbocycles. The van der Waals surface area contributed by atoms with E-state index in [0.717, 1.165) is 49.5 Å². The Morgan fingerprint density at radius 2 is 2.25 bits per heavy atom. The second kappa shape index (κ2) is 12.0. The number of rotatable bonds is 10. The SMILES string of the molecule is C=C(NC(CCCC)=NCCCC1=CCN(C)CC1)/C(=C\C)CN. The number of nitrogens with one attached hydrogen (secondary N) is 1. The van der Waals surface area contributed by atoms with Crippen LogP contribution in [0.5, 0.6) is 0 Å². The lowest BCUT2D eigenvalue weighted by Gasteiger charge is -2.21. The van der Waals surface area contributed by atoms with Crippen molar-refractivity contribution in [1.82, 2.24) is 10.2 Å². The third kappa shape index (κ3) is 7.93. The fourth-order valence-electron chi connectivity index (χ4n) is 2.75. The van der Waals surface area contributed by atoms with Gasteiger partial charge in [0.2, 0.25) is 0 Å². The standard InChI is InChI=1S/C20H36N4/c1-5-7-10-20(23-17(3)19(6-2)16-21)22-13-8-9-18-11-14-24(4)15-12-18/h6,11H,3,5,7-10,12-16,21H2,1-2,4H3,(H,22,23)/b19-6-. The lowest BCUT2D eigenvalue weighted by Crippen LogP contribution is -2.26. The van der Waals surface area contributed by atoms with Crippen LogP contribution in [0.15, 0.2) is 40.6 Å². The van der Waals surface area contributed by atoms with Crippen LogP contribution in [0.1, 0.15) is 52.4 Å². The lowest BCUT2D eigenvalue weighted by molar-refractivity contribution is 0.356. The predicted molar refractivity (Wildman–Crippen MR) is 106 cm³/mol. The van der Waals surface area contributed by atoms with Crippen molar-refractivity contribution in [3.63, 3.8) is 0 Å². The topological polar surface area (TPSA) is 53.7 Å². The number of aliphatic imine (C=N–C) groups is 1. The Hall–Kier alpha value is -1.39. The number of likely N-dealkylation sites (N-methyl/N-ethyl adjacent to an activating group) is 1. The number of nitrogens with zero attached hydrogens (tertiary/aromatic N) is 2. The van der Waals surface area contributed by atoms with Gasteiger partial charge in [-0.3, -0.25) is 4.99 Å². The van der Waals surface area contributed by atoms with Crippen LogP contribution in [0.4, 0.5) is 0 Å². The second-order valence-corrected chi connectivity index (χ2v) is 6.53. The Kier molecular flexibility index (Phi) is 10.4. The molecule has 1 heterocycles. The van der Waals surface area contributed by atoms with Crippen LogP contribution in [0, 0.1) is 0 Å². The van der Waals surface area contributed by atoms with Gasteiger partial charge >= 0.3 is 0 Å². The van der Waals surface area contributed by atoms with Crippen molar-refractivity contribution in [2.24, 2.45) is 10.7 Å². The van der Waals surface area contributed by atoms with Crippen molar-refractivity contribution in [3.8, 4) is 0 Å². The summed E-state index contributed by atoms with van der Waals surface area (Å²) in [4.78, 5) is 7.15. The molecule has 1 aliphatic heterocycles. The molecule has 4 nitrogen and oxygen atoms in total. The zero-order valence-electron chi connectivity index (χ0n) is 15.9. The molecular weight excluding hydrogens is 296 g/mol. The van der Waals surface area contributed by atoms with Crippen LogP contribution in [-0.4, -0.2) is 44.0 Å². The normalized spacial score (nSPS) is 16.9. The molecule has 3 N–H and O–H groups in total. The summed E-state index contributed by atoms with van der Waals surface area (Å²) in [6.45, 7) is 12.0. The van der Waals surface area contributed by atoms with Crippen molar-refractivity contribution >= 4 is 5.84 Å². The molecule has 4 heteroatoms. The summed E-state index contributed by atoms with van der Waals surface area (Å²) in [5.41, 5.74) is 9.28. The summed E-state index contributed by atoms with van der Waals surface area (Å²) in [7, 11) is 2.18. The Balaban J connectivity index is 2.48. The van der Waals surface area contributed by atoms with Gasteiger partial charge in [0.05, 0.1) is 0 Å². The molecule has 0 atom stereocenters. The predicted octanol–water partition coefficient (Wildman–Crippen LogP) is 3.63. The number of nitrogens with two attached hydrogens (primary N) is 1. The van der Waals surface area contributed by atoms with Crippen LogP contribution >= 0.6 is 0 Å². The van der Waals surface area contributed by atoms with E-state index < -0.39 is 0 Å². The van der Waals surface area contributed by atoms with E-state index >= 15 is 0 Å². The maximum absolute atomic E-state index is 5.76. The summed E-state index contributed by atoms with van der Waals surface area (Å²) < 4.78 is 0. The van der Waals surface area contributed by atoms with Gasteiger partial charge in [0, 0.05) is 38.3 Å². The minimum Gasteiger partial charge on any atom is -0.344 e. The Bertz CT molecular complexity index is 474. The van der Waals surface area contributed by atoms with E-state index in [1.807, 2.05) is 13.0 Å². The van der Waals surface area contributed by atoms with Crippen LogP contribution in [0.25, 0.3) is 0 Å². The smallest absolute Gasteiger partial charge is 0.101 e. The average molecular weight is 333 g/mol.